The fourth-order valence-electron chi connectivity index (χ4n) is 1.98. The van der Waals surface area contributed by atoms with E-state index in [1.165, 1.54) is 24.2 Å². The SMILES string of the molecule is Cc1csc(CN)c1S(=O)(=O)NCCCOCC1CC1. The predicted molar refractivity (Wildman–Crippen MR) is 80.3 cm³/mol. The van der Waals surface area contributed by atoms with Gasteiger partial charge in [-0.25, -0.2) is 13.1 Å². The van der Waals surface area contributed by atoms with Crippen molar-refractivity contribution in [3.05, 3.63) is 15.8 Å². The zero-order valence-electron chi connectivity index (χ0n) is 11.7. The Labute approximate surface area is 124 Å². The molecule has 20 heavy (non-hydrogen) atoms. The smallest absolute Gasteiger partial charge is 0.241 e. The van der Waals surface area contributed by atoms with E-state index in [0.717, 1.165) is 18.1 Å². The van der Waals surface area contributed by atoms with Gasteiger partial charge in [-0.05, 0) is 43.0 Å². The van der Waals surface area contributed by atoms with Crippen LogP contribution < -0.4 is 10.5 Å². The van der Waals surface area contributed by atoms with Crippen LogP contribution in [0.5, 0.6) is 0 Å². The lowest BCUT2D eigenvalue weighted by molar-refractivity contribution is 0.123. The highest BCUT2D eigenvalue weighted by atomic mass is 32.2. The highest BCUT2D eigenvalue weighted by Gasteiger charge is 2.22. The van der Waals surface area contributed by atoms with E-state index in [-0.39, 0.29) is 6.54 Å². The Morgan fingerprint density at radius 2 is 2.25 bits per heavy atom. The van der Waals surface area contributed by atoms with Gasteiger partial charge in [0.05, 0.1) is 0 Å². The summed E-state index contributed by atoms with van der Waals surface area (Å²) in [5, 5.41) is 1.83. The molecule has 5 nitrogen and oxygen atoms in total. The third-order valence-electron chi connectivity index (χ3n) is 3.25. The summed E-state index contributed by atoms with van der Waals surface area (Å²) in [6, 6.07) is 0. The molecule has 0 saturated heterocycles. The number of nitrogens with one attached hydrogen (secondary N) is 1. The zero-order valence-corrected chi connectivity index (χ0v) is 13.4. The molecule has 1 aliphatic rings. The maximum atomic E-state index is 12.2. The molecule has 1 fully saturated rings. The topological polar surface area (TPSA) is 81.4 Å². The quantitative estimate of drug-likeness (QED) is 0.678. The van der Waals surface area contributed by atoms with Crippen LogP contribution in [0.1, 0.15) is 29.7 Å². The third kappa shape index (κ3) is 4.26. The van der Waals surface area contributed by atoms with Gasteiger partial charge in [0.15, 0.2) is 0 Å². The summed E-state index contributed by atoms with van der Waals surface area (Å²) in [5.41, 5.74) is 6.34. The highest BCUT2D eigenvalue weighted by molar-refractivity contribution is 7.89. The van der Waals surface area contributed by atoms with Crippen LogP contribution in [0.4, 0.5) is 0 Å². The fourth-order valence-corrected chi connectivity index (χ4v) is 4.75. The van der Waals surface area contributed by atoms with Crippen molar-refractivity contribution in [3.8, 4) is 0 Å². The molecule has 1 aromatic heterocycles. The summed E-state index contributed by atoms with van der Waals surface area (Å²) in [4.78, 5) is 1.06. The predicted octanol–water partition coefficient (Wildman–Crippen LogP) is 1.61. The van der Waals surface area contributed by atoms with E-state index in [2.05, 4.69) is 4.72 Å². The lowest BCUT2D eigenvalue weighted by atomic mass is 10.3. The second-order valence-corrected chi connectivity index (χ2v) is 7.81. The zero-order chi connectivity index (χ0) is 14.6. The molecule has 0 spiro atoms. The van der Waals surface area contributed by atoms with Gasteiger partial charge in [0.1, 0.15) is 4.90 Å². The minimum atomic E-state index is -3.46. The number of thiophene rings is 1. The third-order valence-corrected chi connectivity index (χ3v) is 6.20. The Morgan fingerprint density at radius 1 is 1.50 bits per heavy atom. The monoisotopic (exact) mass is 318 g/mol. The van der Waals surface area contributed by atoms with Gasteiger partial charge in [0, 0.05) is 31.2 Å². The Kier molecular flexibility index (Phi) is 5.57. The standard InChI is InChI=1S/C13H22N2O3S2/c1-10-9-19-12(7-14)13(10)20(16,17)15-5-2-6-18-8-11-3-4-11/h9,11,15H,2-8,14H2,1H3. The lowest BCUT2D eigenvalue weighted by Crippen LogP contribution is -2.27. The lowest BCUT2D eigenvalue weighted by Gasteiger charge is -2.08. The van der Waals surface area contributed by atoms with E-state index in [4.69, 9.17) is 10.5 Å². The van der Waals surface area contributed by atoms with Crippen molar-refractivity contribution in [1.29, 1.82) is 0 Å². The normalized spacial score (nSPS) is 15.7. The van der Waals surface area contributed by atoms with Crippen molar-refractivity contribution >= 4 is 21.4 Å². The van der Waals surface area contributed by atoms with Crippen LogP contribution in [0.3, 0.4) is 0 Å². The summed E-state index contributed by atoms with van der Waals surface area (Å²) in [6.45, 7) is 3.85. The summed E-state index contributed by atoms with van der Waals surface area (Å²) in [5.74, 6) is 0.743. The van der Waals surface area contributed by atoms with Gasteiger partial charge in [-0.3, -0.25) is 0 Å². The van der Waals surface area contributed by atoms with Crippen molar-refractivity contribution < 1.29 is 13.2 Å². The Hall–Kier alpha value is -0.470. The van der Waals surface area contributed by atoms with Crippen molar-refractivity contribution in [1.82, 2.24) is 4.72 Å². The van der Waals surface area contributed by atoms with Crippen molar-refractivity contribution in [2.24, 2.45) is 11.7 Å². The first-order chi connectivity index (χ1) is 9.54. The Balaban J connectivity index is 1.79. The number of ether oxygens (including phenoxy) is 1. The van der Waals surface area contributed by atoms with Crippen molar-refractivity contribution in [2.45, 2.75) is 37.6 Å². The molecule has 0 bridgehead atoms. The van der Waals surface area contributed by atoms with Crippen molar-refractivity contribution in [2.75, 3.05) is 19.8 Å². The maximum absolute atomic E-state index is 12.2. The maximum Gasteiger partial charge on any atom is 0.241 e. The minimum Gasteiger partial charge on any atom is -0.381 e. The van der Waals surface area contributed by atoms with E-state index in [0.29, 0.717) is 29.3 Å². The van der Waals surface area contributed by atoms with Gasteiger partial charge in [-0.15, -0.1) is 11.3 Å². The number of sulfonamides is 1. The second-order valence-electron chi connectivity index (χ2n) is 5.14. The molecule has 0 unspecified atom stereocenters. The number of aryl methyl sites for hydroxylation is 1. The molecular weight excluding hydrogens is 296 g/mol. The molecule has 0 aliphatic heterocycles. The van der Waals surface area contributed by atoms with E-state index < -0.39 is 10.0 Å². The van der Waals surface area contributed by atoms with Gasteiger partial charge in [0.2, 0.25) is 10.0 Å². The van der Waals surface area contributed by atoms with E-state index in [1.54, 1.807) is 6.92 Å². The average molecular weight is 318 g/mol. The van der Waals surface area contributed by atoms with Crippen molar-refractivity contribution in [3.63, 3.8) is 0 Å². The molecule has 114 valence electrons. The number of nitrogens with two attached hydrogens (primary N) is 1. The molecule has 1 aliphatic carbocycles. The molecule has 3 N–H and O–H groups in total. The van der Waals surface area contributed by atoms with E-state index in [9.17, 15) is 8.42 Å². The van der Waals surface area contributed by atoms with Crippen LogP contribution in [-0.2, 0) is 21.3 Å². The first kappa shape index (κ1) is 15.9. The molecule has 1 aromatic rings. The summed E-state index contributed by atoms with van der Waals surface area (Å²) in [7, 11) is -3.46. The highest BCUT2D eigenvalue weighted by Crippen LogP contribution is 2.28. The van der Waals surface area contributed by atoms with Crippen LogP contribution in [0.2, 0.25) is 0 Å². The average Bonchev–Trinajstić information content (AvgIpc) is 3.14. The van der Waals surface area contributed by atoms with Crippen LogP contribution >= 0.6 is 11.3 Å². The fraction of sp³-hybridized carbons (Fsp3) is 0.692. The first-order valence-corrected chi connectivity index (χ1v) is 9.25. The van der Waals surface area contributed by atoms with Crippen LogP contribution in [-0.4, -0.2) is 28.2 Å². The molecule has 1 heterocycles. The molecule has 0 amide bonds. The molecule has 0 radical (unpaired) electrons. The van der Waals surface area contributed by atoms with E-state index in [1.807, 2.05) is 5.38 Å². The molecule has 2 rings (SSSR count). The van der Waals surface area contributed by atoms with Gasteiger partial charge in [-0.2, -0.15) is 0 Å². The number of hydrogen-bond donors (Lipinski definition) is 2. The minimum absolute atomic E-state index is 0.249. The summed E-state index contributed by atoms with van der Waals surface area (Å²) < 4.78 is 32.6. The second kappa shape index (κ2) is 7.00. The van der Waals surface area contributed by atoms with Crippen LogP contribution in [0.15, 0.2) is 10.3 Å². The largest absolute Gasteiger partial charge is 0.381 e. The molecule has 1 saturated carbocycles. The van der Waals surface area contributed by atoms with Gasteiger partial charge < -0.3 is 10.5 Å². The van der Waals surface area contributed by atoms with Gasteiger partial charge >= 0.3 is 0 Å². The summed E-state index contributed by atoms with van der Waals surface area (Å²) >= 11 is 1.39. The number of hydrogen-bond acceptors (Lipinski definition) is 5. The van der Waals surface area contributed by atoms with Gasteiger partial charge in [-0.1, -0.05) is 0 Å². The Bertz CT molecular complexity index is 536. The number of rotatable bonds is 9. The summed E-state index contributed by atoms with van der Waals surface area (Å²) in [6.07, 6.45) is 3.23. The van der Waals surface area contributed by atoms with E-state index >= 15 is 0 Å². The van der Waals surface area contributed by atoms with Crippen LogP contribution in [0, 0.1) is 12.8 Å². The first-order valence-electron chi connectivity index (χ1n) is 6.89. The van der Waals surface area contributed by atoms with Crippen LogP contribution in [0.25, 0.3) is 0 Å². The molecular formula is C13H22N2O3S2. The van der Waals surface area contributed by atoms with Gasteiger partial charge in [0.25, 0.3) is 0 Å². The Morgan fingerprint density at radius 3 is 2.90 bits per heavy atom. The molecule has 0 aromatic carbocycles. The molecule has 7 heteroatoms. The molecule has 0 atom stereocenters.